The molecule has 28 heavy (non-hydrogen) atoms. The molecule has 6 heteroatoms. The number of anilines is 1. The topological polar surface area (TPSA) is 46.9 Å². The second-order valence-electron chi connectivity index (χ2n) is 6.98. The number of Topliss-reactive ketones (excluding diaryl/α,β-unsaturated/α-hetero) is 1. The molecule has 1 unspecified atom stereocenters. The first-order valence-corrected chi connectivity index (χ1v) is 10.3. The normalized spacial score (nSPS) is 18.5. The Hall–Kier alpha value is -2.86. The number of rotatable bonds is 2. The Bertz CT molecular complexity index is 1120. The Balaban J connectivity index is 1.78. The van der Waals surface area contributed by atoms with Gasteiger partial charge in [-0.25, -0.2) is 9.07 Å². The molecule has 0 bridgehead atoms. The summed E-state index contributed by atoms with van der Waals surface area (Å²) >= 11 is 1.58. The highest BCUT2D eigenvalue weighted by molar-refractivity contribution is 8.00. The largest absolute Gasteiger partial charge is 0.342 e. The van der Waals surface area contributed by atoms with Gasteiger partial charge >= 0.3 is 0 Å². The first kappa shape index (κ1) is 17.3. The minimum Gasteiger partial charge on any atom is -0.342 e. The molecule has 1 aromatic heterocycles. The van der Waals surface area contributed by atoms with Crippen LogP contribution >= 0.6 is 11.8 Å². The lowest BCUT2D eigenvalue weighted by Crippen LogP contribution is -2.30. The van der Waals surface area contributed by atoms with Gasteiger partial charge in [-0.15, -0.1) is 11.8 Å². The molecular formula is C22H18FN3OS. The molecule has 0 saturated heterocycles. The molecule has 1 N–H and O–H groups in total. The van der Waals surface area contributed by atoms with E-state index < -0.39 is 5.92 Å². The molecule has 0 amide bonds. The van der Waals surface area contributed by atoms with Crippen molar-refractivity contribution in [3.05, 3.63) is 88.5 Å². The number of ketones is 1. The number of fused-ring (bicyclic) bond motifs is 1. The van der Waals surface area contributed by atoms with Gasteiger partial charge in [0.2, 0.25) is 0 Å². The van der Waals surface area contributed by atoms with Crippen molar-refractivity contribution >= 4 is 23.4 Å². The third-order valence-corrected chi connectivity index (χ3v) is 6.23. The van der Waals surface area contributed by atoms with E-state index in [-0.39, 0.29) is 11.6 Å². The summed E-state index contributed by atoms with van der Waals surface area (Å²) in [4.78, 5) is 12.9. The van der Waals surface area contributed by atoms with Crippen molar-refractivity contribution in [1.82, 2.24) is 9.78 Å². The number of para-hydroxylation sites is 1. The minimum absolute atomic E-state index is 0.0597. The van der Waals surface area contributed by atoms with Crippen molar-refractivity contribution in [2.24, 2.45) is 0 Å². The molecule has 0 saturated carbocycles. The van der Waals surface area contributed by atoms with Crippen LogP contribution in [0.15, 0.2) is 65.9 Å². The van der Waals surface area contributed by atoms with E-state index in [1.54, 1.807) is 23.9 Å². The summed E-state index contributed by atoms with van der Waals surface area (Å²) in [5.41, 5.74) is 4.63. The number of benzene rings is 2. The monoisotopic (exact) mass is 391 g/mol. The molecule has 4 nitrogen and oxygen atoms in total. The van der Waals surface area contributed by atoms with Crippen LogP contribution in [0, 0.1) is 12.7 Å². The van der Waals surface area contributed by atoms with Gasteiger partial charge in [-0.3, -0.25) is 4.79 Å². The lowest BCUT2D eigenvalue weighted by Gasteiger charge is -2.32. The maximum atomic E-state index is 14.8. The predicted molar refractivity (Wildman–Crippen MR) is 110 cm³/mol. The molecule has 2 aromatic carbocycles. The Morgan fingerprint density at radius 1 is 1.11 bits per heavy atom. The highest BCUT2D eigenvalue weighted by Gasteiger charge is 2.39. The van der Waals surface area contributed by atoms with Crippen molar-refractivity contribution in [2.75, 3.05) is 16.8 Å². The average molecular weight is 391 g/mol. The summed E-state index contributed by atoms with van der Waals surface area (Å²) in [5, 5.41) is 8.19. The highest BCUT2D eigenvalue weighted by atomic mass is 32.2. The minimum atomic E-state index is -0.446. The molecular weight excluding hydrogens is 373 g/mol. The maximum Gasteiger partial charge on any atom is 0.171 e. The zero-order valence-electron chi connectivity index (χ0n) is 15.3. The van der Waals surface area contributed by atoms with Crippen LogP contribution in [0.1, 0.15) is 22.7 Å². The van der Waals surface area contributed by atoms with Crippen LogP contribution in [0.4, 0.5) is 10.2 Å². The summed E-state index contributed by atoms with van der Waals surface area (Å²) in [6.07, 6.45) is 0. The summed E-state index contributed by atoms with van der Waals surface area (Å²) in [6.45, 7) is 1.92. The van der Waals surface area contributed by atoms with Crippen LogP contribution < -0.4 is 5.32 Å². The number of nitrogens with zero attached hydrogens (tertiary/aromatic N) is 2. The smallest absolute Gasteiger partial charge is 0.171 e. The predicted octanol–water partition coefficient (Wildman–Crippen LogP) is 4.45. The fourth-order valence-corrected chi connectivity index (χ4v) is 4.95. The Kier molecular flexibility index (Phi) is 4.09. The number of carbonyl (C=O) groups is 1. The van der Waals surface area contributed by atoms with Crippen LogP contribution in [0.5, 0.6) is 0 Å². The van der Waals surface area contributed by atoms with Crippen LogP contribution in [-0.4, -0.2) is 27.1 Å². The van der Waals surface area contributed by atoms with E-state index in [1.165, 1.54) is 6.07 Å². The molecule has 0 fully saturated rings. The summed E-state index contributed by atoms with van der Waals surface area (Å²) in [6, 6.07) is 16.6. The molecule has 5 rings (SSSR count). The zero-order valence-corrected chi connectivity index (χ0v) is 16.1. The first-order valence-electron chi connectivity index (χ1n) is 9.15. The van der Waals surface area contributed by atoms with Gasteiger partial charge in [0.15, 0.2) is 5.78 Å². The number of allylic oxidation sites excluding steroid dienone is 1. The van der Waals surface area contributed by atoms with Gasteiger partial charge in [-0.1, -0.05) is 36.4 Å². The molecule has 2 aliphatic rings. The number of nitrogens with one attached hydrogen (secondary N) is 1. The number of carbonyl (C=O) groups excluding carboxylic acids is 1. The fourth-order valence-electron chi connectivity index (χ4n) is 4.08. The van der Waals surface area contributed by atoms with Crippen molar-refractivity contribution in [3.63, 3.8) is 0 Å². The van der Waals surface area contributed by atoms with E-state index >= 15 is 0 Å². The molecule has 0 radical (unpaired) electrons. The van der Waals surface area contributed by atoms with Gasteiger partial charge in [-0.2, -0.15) is 5.10 Å². The van der Waals surface area contributed by atoms with Crippen LogP contribution in [0.25, 0.3) is 5.69 Å². The number of hydrogen-bond acceptors (Lipinski definition) is 4. The molecule has 2 aliphatic heterocycles. The molecule has 3 aromatic rings. The average Bonchev–Trinajstić information content (AvgIpc) is 3.04. The molecule has 0 spiro atoms. The molecule has 0 aliphatic carbocycles. The third-order valence-electron chi connectivity index (χ3n) is 5.28. The zero-order chi connectivity index (χ0) is 19.3. The standard InChI is InChI=1S/C22H18FN3OS/c1-13-19-20(15-9-5-6-10-16(15)23)21-17(11-28-12-18(21)27)24-22(19)26(25-13)14-7-3-2-4-8-14/h2-10,20,24H,11-12H2,1H3. The molecule has 3 heterocycles. The van der Waals surface area contributed by atoms with E-state index in [0.29, 0.717) is 22.6 Å². The van der Waals surface area contributed by atoms with Crippen LogP contribution in [-0.2, 0) is 4.79 Å². The van der Waals surface area contributed by atoms with Gasteiger partial charge in [0, 0.05) is 34.1 Å². The number of halogens is 1. The molecule has 1 atom stereocenters. The first-order chi connectivity index (χ1) is 13.6. The highest BCUT2D eigenvalue weighted by Crippen LogP contribution is 2.47. The van der Waals surface area contributed by atoms with Gasteiger partial charge in [0.25, 0.3) is 0 Å². The van der Waals surface area contributed by atoms with Gasteiger partial charge in [0.1, 0.15) is 11.6 Å². The van der Waals surface area contributed by atoms with E-state index in [0.717, 1.165) is 28.5 Å². The van der Waals surface area contributed by atoms with Crippen molar-refractivity contribution in [3.8, 4) is 5.69 Å². The van der Waals surface area contributed by atoms with E-state index in [1.807, 2.05) is 48.0 Å². The second-order valence-corrected chi connectivity index (χ2v) is 7.97. The van der Waals surface area contributed by atoms with Gasteiger partial charge in [-0.05, 0) is 25.1 Å². The SMILES string of the molecule is Cc1nn(-c2ccccc2)c2c1C(c1ccccc1F)C1=C(CSCC1=O)N2. The number of thioether (sulfide) groups is 1. The van der Waals surface area contributed by atoms with Crippen LogP contribution in [0.2, 0.25) is 0 Å². The summed E-state index contributed by atoms with van der Waals surface area (Å²) < 4.78 is 16.7. The quantitative estimate of drug-likeness (QED) is 0.701. The van der Waals surface area contributed by atoms with Crippen molar-refractivity contribution in [2.45, 2.75) is 12.8 Å². The Labute approximate surface area is 166 Å². The summed E-state index contributed by atoms with van der Waals surface area (Å²) in [7, 11) is 0. The maximum absolute atomic E-state index is 14.8. The lowest BCUT2D eigenvalue weighted by atomic mass is 9.79. The Morgan fingerprint density at radius 3 is 2.64 bits per heavy atom. The lowest BCUT2D eigenvalue weighted by molar-refractivity contribution is -0.113. The third kappa shape index (κ3) is 2.59. The van der Waals surface area contributed by atoms with E-state index in [4.69, 9.17) is 5.10 Å². The van der Waals surface area contributed by atoms with E-state index in [9.17, 15) is 9.18 Å². The van der Waals surface area contributed by atoms with Crippen molar-refractivity contribution < 1.29 is 9.18 Å². The number of aryl methyl sites for hydroxylation is 1. The van der Waals surface area contributed by atoms with E-state index in [2.05, 4.69) is 5.32 Å². The van der Waals surface area contributed by atoms with Crippen molar-refractivity contribution in [1.29, 1.82) is 0 Å². The Morgan fingerprint density at radius 2 is 1.86 bits per heavy atom. The van der Waals surface area contributed by atoms with Gasteiger partial charge in [0.05, 0.1) is 17.1 Å². The number of aromatic nitrogens is 2. The van der Waals surface area contributed by atoms with Gasteiger partial charge < -0.3 is 5.32 Å². The second kappa shape index (κ2) is 6.63. The molecule has 140 valence electrons. The fraction of sp³-hybridized carbons (Fsp3) is 0.182. The number of hydrogen-bond donors (Lipinski definition) is 1. The summed E-state index contributed by atoms with van der Waals surface area (Å²) in [5.74, 6) is 1.25. The van der Waals surface area contributed by atoms with Crippen LogP contribution in [0.3, 0.4) is 0 Å².